The standard InChI is InChI=1S/C11H12FN3O2/c1-16-5-4-10-14-11(17-15-10)8-3-2-7(12)6-9(8)13/h2-3,6H,4-5,13H2,1H3. The minimum atomic E-state index is -0.398. The van der Waals surface area contributed by atoms with Crippen LogP contribution >= 0.6 is 0 Å². The number of benzene rings is 1. The van der Waals surface area contributed by atoms with Crippen molar-refractivity contribution in [3.63, 3.8) is 0 Å². The number of ether oxygens (including phenoxy) is 1. The maximum atomic E-state index is 12.9. The summed E-state index contributed by atoms with van der Waals surface area (Å²) in [7, 11) is 1.60. The van der Waals surface area contributed by atoms with E-state index in [0.29, 0.717) is 24.4 Å². The largest absolute Gasteiger partial charge is 0.398 e. The minimum Gasteiger partial charge on any atom is -0.398 e. The van der Waals surface area contributed by atoms with Crippen molar-refractivity contribution in [2.75, 3.05) is 19.5 Å². The molecule has 5 nitrogen and oxygen atoms in total. The first-order valence-electron chi connectivity index (χ1n) is 5.07. The zero-order chi connectivity index (χ0) is 12.3. The zero-order valence-electron chi connectivity index (χ0n) is 9.31. The van der Waals surface area contributed by atoms with Crippen molar-refractivity contribution in [2.24, 2.45) is 0 Å². The van der Waals surface area contributed by atoms with Crippen LogP contribution in [-0.2, 0) is 11.2 Å². The lowest BCUT2D eigenvalue weighted by molar-refractivity contribution is 0.199. The number of nitrogen functional groups attached to an aromatic ring is 1. The monoisotopic (exact) mass is 237 g/mol. The summed E-state index contributed by atoms with van der Waals surface area (Å²) < 4.78 is 22.8. The van der Waals surface area contributed by atoms with Crippen LogP contribution in [0.1, 0.15) is 5.82 Å². The molecule has 0 spiro atoms. The minimum absolute atomic E-state index is 0.270. The molecule has 0 radical (unpaired) electrons. The Morgan fingerprint density at radius 3 is 3.00 bits per heavy atom. The van der Waals surface area contributed by atoms with E-state index in [9.17, 15) is 4.39 Å². The van der Waals surface area contributed by atoms with Crippen molar-refractivity contribution in [3.05, 3.63) is 29.8 Å². The van der Waals surface area contributed by atoms with Crippen LogP contribution in [0.5, 0.6) is 0 Å². The van der Waals surface area contributed by atoms with E-state index in [2.05, 4.69) is 10.1 Å². The molecule has 0 unspecified atom stereocenters. The molecule has 90 valence electrons. The number of nitrogens with two attached hydrogens (primary N) is 1. The van der Waals surface area contributed by atoms with Gasteiger partial charge in [-0.25, -0.2) is 4.39 Å². The fourth-order valence-electron chi connectivity index (χ4n) is 1.39. The van der Waals surface area contributed by atoms with Gasteiger partial charge in [0.1, 0.15) is 5.82 Å². The van der Waals surface area contributed by atoms with E-state index in [1.165, 1.54) is 18.2 Å². The summed E-state index contributed by atoms with van der Waals surface area (Å²) in [5.41, 5.74) is 6.47. The SMILES string of the molecule is COCCc1noc(-c2ccc(F)cc2N)n1. The van der Waals surface area contributed by atoms with Crippen molar-refractivity contribution >= 4 is 5.69 Å². The van der Waals surface area contributed by atoms with Crippen molar-refractivity contribution in [2.45, 2.75) is 6.42 Å². The van der Waals surface area contributed by atoms with Crippen LogP contribution in [-0.4, -0.2) is 23.9 Å². The summed E-state index contributed by atoms with van der Waals surface area (Å²) in [4.78, 5) is 4.15. The van der Waals surface area contributed by atoms with Crippen LogP contribution in [0, 0.1) is 5.82 Å². The number of hydrogen-bond acceptors (Lipinski definition) is 5. The van der Waals surface area contributed by atoms with Crippen LogP contribution in [0.15, 0.2) is 22.7 Å². The molecule has 6 heteroatoms. The van der Waals surface area contributed by atoms with Crippen molar-refractivity contribution in [1.29, 1.82) is 0 Å². The quantitative estimate of drug-likeness (QED) is 0.818. The lowest BCUT2D eigenvalue weighted by Crippen LogP contribution is -1.96. The average Bonchev–Trinajstić information content (AvgIpc) is 2.75. The predicted octanol–water partition coefficient (Wildman–Crippen LogP) is 1.65. The Bertz CT molecular complexity index is 513. The summed E-state index contributed by atoms with van der Waals surface area (Å²) in [5.74, 6) is 0.421. The van der Waals surface area contributed by atoms with Gasteiger partial charge in [-0.1, -0.05) is 5.16 Å². The van der Waals surface area contributed by atoms with Crippen LogP contribution < -0.4 is 5.73 Å². The molecule has 1 heterocycles. The van der Waals surface area contributed by atoms with Gasteiger partial charge in [0.05, 0.1) is 12.2 Å². The van der Waals surface area contributed by atoms with Gasteiger partial charge in [0.2, 0.25) is 0 Å². The van der Waals surface area contributed by atoms with Crippen LogP contribution in [0.25, 0.3) is 11.5 Å². The highest BCUT2D eigenvalue weighted by Crippen LogP contribution is 2.24. The highest BCUT2D eigenvalue weighted by molar-refractivity contribution is 5.70. The Hall–Kier alpha value is -1.95. The van der Waals surface area contributed by atoms with Crippen LogP contribution in [0.3, 0.4) is 0 Å². The van der Waals surface area contributed by atoms with E-state index in [0.717, 1.165) is 0 Å². The highest BCUT2D eigenvalue weighted by Gasteiger charge is 2.11. The molecule has 0 aliphatic heterocycles. The number of aromatic nitrogens is 2. The molecule has 0 saturated heterocycles. The average molecular weight is 237 g/mol. The molecule has 0 fully saturated rings. The van der Waals surface area contributed by atoms with E-state index in [-0.39, 0.29) is 11.6 Å². The van der Waals surface area contributed by atoms with Crippen LogP contribution in [0.4, 0.5) is 10.1 Å². The van der Waals surface area contributed by atoms with Gasteiger partial charge in [-0.2, -0.15) is 4.98 Å². The molecular weight excluding hydrogens is 225 g/mol. The molecule has 0 amide bonds. The van der Waals surface area contributed by atoms with Gasteiger partial charge in [0, 0.05) is 19.2 Å². The van der Waals surface area contributed by atoms with Gasteiger partial charge in [-0.15, -0.1) is 0 Å². The summed E-state index contributed by atoms with van der Waals surface area (Å²) in [6.07, 6.45) is 0.557. The Labute approximate surface area is 97.4 Å². The zero-order valence-corrected chi connectivity index (χ0v) is 9.31. The lowest BCUT2D eigenvalue weighted by Gasteiger charge is -1.99. The van der Waals surface area contributed by atoms with Crippen molar-refractivity contribution in [3.8, 4) is 11.5 Å². The Morgan fingerprint density at radius 2 is 2.29 bits per heavy atom. The molecule has 2 N–H and O–H groups in total. The topological polar surface area (TPSA) is 74.2 Å². The maximum absolute atomic E-state index is 12.9. The summed E-state index contributed by atoms with van der Waals surface area (Å²) in [6.45, 7) is 0.512. The first kappa shape index (κ1) is 11.5. The second kappa shape index (κ2) is 4.92. The lowest BCUT2D eigenvalue weighted by atomic mass is 10.2. The number of methoxy groups -OCH3 is 1. The van der Waals surface area contributed by atoms with E-state index >= 15 is 0 Å². The number of hydrogen-bond donors (Lipinski definition) is 1. The molecule has 2 aromatic rings. The molecule has 1 aromatic carbocycles. The smallest absolute Gasteiger partial charge is 0.260 e. The molecule has 2 rings (SSSR count). The molecule has 0 saturated carbocycles. The molecule has 0 bridgehead atoms. The Kier molecular flexibility index (Phi) is 3.34. The van der Waals surface area contributed by atoms with Gasteiger partial charge >= 0.3 is 0 Å². The fourth-order valence-corrected chi connectivity index (χ4v) is 1.39. The molecular formula is C11H12FN3O2. The van der Waals surface area contributed by atoms with E-state index in [4.69, 9.17) is 15.0 Å². The Balaban J connectivity index is 2.24. The summed E-state index contributed by atoms with van der Waals surface area (Å²) in [5, 5.41) is 3.78. The highest BCUT2D eigenvalue weighted by atomic mass is 19.1. The molecule has 0 aliphatic carbocycles. The third kappa shape index (κ3) is 2.59. The molecule has 17 heavy (non-hydrogen) atoms. The van der Waals surface area contributed by atoms with Gasteiger partial charge in [-0.3, -0.25) is 0 Å². The number of anilines is 1. The summed E-state index contributed by atoms with van der Waals surface area (Å²) >= 11 is 0. The molecule has 0 aliphatic rings. The molecule has 1 aromatic heterocycles. The van der Waals surface area contributed by atoms with E-state index in [1.807, 2.05) is 0 Å². The fraction of sp³-hybridized carbons (Fsp3) is 0.273. The van der Waals surface area contributed by atoms with E-state index < -0.39 is 5.82 Å². The maximum Gasteiger partial charge on any atom is 0.260 e. The van der Waals surface area contributed by atoms with Crippen LogP contribution in [0.2, 0.25) is 0 Å². The second-order valence-electron chi connectivity index (χ2n) is 3.49. The first-order valence-corrected chi connectivity index (χ1v) is 5.07. The van der Waals surface area contributed by atoms with Gasteiger partial charge < -0.3 is 15.0 Å². The van der Waals surface area contributed by atoms with Crippen molar-refractivity contribution < 1.29 is 13.7 Å². The number of nitrogens with zero attached hydrogens (tertiary/aromatic N) is 2. The normalized spacial score (nSPS) is 10.7. The first-order chi connectivity index (χ1) is 8.20. The van der Waals surface area contributed by atoms with Gasteiger partial charge in [-0.05, 0) is 18.2 Å². The Morgan fingerprint density at radius 1 is 1.47 bits per heavy atom. The third-order valence-electron chi connectivity index (χ3n) is 2.24. The van der Waals surface area contributed by atoms with Gasteiger partial charge in [0.15, 0.2) is 5.82 Å². The van der Waals surface area contributed by atoms with Gasteiger partial charge in [0.25, 0.3) is 5.89 Å². The molecule has 0 atom stereocenters. The second-order valence-corrected chi connectivity index (χ2v) is 3.49. The summed E-state index contributed by atoms with van der Waals surface area (Å²) in [6, 6.07) is 4.03. The predicted molar refractivity (Wildman–Crippen MR) is 59.7 cm³/mol. The third-order valence-corrected chi connectivity index (χ3v) is 2.24. The van der Waals surface area contributed by atoms with Crippen molar-refractivity contribution in [1.82, 2.24) is 10.1 Å². The number of halogens is 1. The van der Waals surface area contributed by atoms with E-state index in [1.54, 1.807) is 7.11 Å². The number of rotatable bonds is 4.